The molecule has 0 saturated heterocycles. The molecule has 0 heterocycles. The summed E-state index contributed by atoms with van der Waals surface area (Å²) in [7, 11) is 0. The van der Waals surface area contributed by atoms with Crippen molar-refractivity contribution in [3.8, 4) is 17.2 Å². The minimum atomic E-state index is -0.572. The van der Waals surface area contributed by atoms with Gasteiger partial charge >= 0.3 is 5.97 Å². The molecule has 0 fully saturated rings. The third kappa shape index (κ3) is 2.73. The Balaban J connectivity index is 2.16. The highest BCUT2D eigenvalue weighted by Crippen LogP contribution is 2.27. The van der Waals surface area contributed by atoms with Gasteiger partial charge in [-0.25, -0.2) is 4.79 Å². The maximum atomic E-state index is 11.7. The number of hydrogen-bond acceptors (Lipinski definition) is 4. The summed E-state index contributed by atoms with van der Waals surface area (Å²) < 4.78 is 5.06. The Bertz CT molecular complexity index is 578. The molecule has 0 saturated carbocycles. The van der Waals surface area contributed by atoms with Gasteiger partial charge in [-0.05, 0) is 36.4 Å². The fourth-order valence-corrected chi connectivity index (χ4v) is 1.49. The molecule has 2 N–H and O–H groups in total. The summed E-state index contributed by atoms with van der Waals surface area (Å²) in [5, 5.41) is 18.4. The van der Waals surface area contributed by atoms with Crippen LogP contribution in [0.3, 0.4) is 0 Å². The Morgan fingerprint density at radius 3 is 2.33 bits per heavy atom. The van der Waals surface area contributed by atoms with Crippen LogP contribution in [0.4, 0.5) is 0 Å². The molecule has 2 aromatic carbocycles. The molecular formula is C13H9ClO4. The Morgan fingerprint density at radius 2 is 1.72 bits per heavy atom. The highest BCUT2D eigenvalue weighted by molar-refractivity contribution is 6.32. The lowest BCUT2D eigenvalue weighted by molar-refractivity contribution is 0.0734. The average molecular weight is 265 g/mol. The van der Waals surface area contributed by atoms with Gasteiger partial charge in [-0.3, -0.25) is 0 Å². The summed E-state index contributed by atoms with van der Waals surface area (Å²) in [4.78, 5) is 11.7. The third-order valence-electron chi connectivity index (χ3n) is 2.23. The van der Waals surface area contributed by atoms with Crippen molar-refractivity contribution in [3.05, 3.63) is 53.1 Å². The Morgan fingerprint density at radius 1 is 1.06 bits per heavy atom. The number of aromatic hydroxyl groups is 2. The van der Waals surface area contributed by atoms with E-state index in [2.05, 4.69) is 0 Å². The number of benzene rings is 2. The van der Waals surface area contributed by atoms with E-state index in [1.807, 2.05) is 0 Å². The molecule has 0 aliphatic carbocycles. The molecule has 0 radical (unpaired) electrons. The van der Waals surface area contributed by atoms with Crippen LogP contribution in [-0.2, 0) is 0 Å². The quantitative estimate of drug-likeness (QED) is 0.646. The van der Waals surface area contributed by atoms with Crippen molar-refractivity contribution in [1.29, 1.82) is 0 Å². The molecule has 2 rings (SSSR count). The van der Waals surface area contributed by atoms with Crippen LogP contribution >= 0.6 is 11.6 Å². The summed E-state index contributed by atoms with van der Waals surface area (Å²) in [5.74, 6) is -0.354. The molecule has 92 valence electrons. The van der Waals surface area contributed by atoms with E-state index in [0.29, 0.717) is 5.56 Å². The molecule has 2 aromatic rings. The zero-order valence-corrected chi connectivity index (χ0v) is 9.89. The van der Waals surface area contributed by atoms with E-state index in [0.717, 1.165) is 0 Å². The highest BCUT2D eigenvalue weighted by atomic mass is 35.5. The van der Waals surface area contributed by atoms with Crippen molar-refractivity contribution < 1.29 is 19.7 Å². The molecule has 0 aliphatic rings. The lowest BCUT2D eigenvalue weighted by Gasteiger charge is -2.05. The molecule has 5 heteroatoms. The van der Waals surface area contributed by atoms with Gasteiger partial charge in [0.25, 0.3) is 0 Å². The minimum absolute atomic E-state index is 0.0687. The number of halogens is 1. The fraction of sp³-hybridized carbons (Fsp3) is 0. The number of hydrogen-bond donors (Lipinski definition) is 2. The van der Waals surface area contributed by atoms with Crippen LogP contribution in [0.25, 0.3) is 0 Å². The Hall–Kier alpha value is -2.20. The van der Waals surface area contributed by atoms with Crippen molar-refractivity contribution in [2.75, 3.05) is 0 Å². The molecule has 0 aromatic heterocycles. The van der Waals surface area contributed by atoms with Gasteiger partial charge in [-0.2, -0.15) is 0 Å². The molecule has 18 heavy (non-hydrogen) atoms. The summed E-state index contributed by atoms with van der Waals surface area (Å²) in [6.45, 7) is 0. The molecule has 0 unspecified atom stereocenters. The number of phenolic OH excluding ortho intramolecular Hbond substituents is 2. The van der Waals surface area contributed by atoms with E-state index >= 15 is 0 Å². The van der Waals surface area contributed by atoms with Gasteiger partial charge in [-0.1, -0.05) is 11.6 Å². The fourth-order valence-electron chi connectivity index (χ4n) is 1.31. The normalized spacial score (nSPS) is 10.1. The predicted molar refractivity (Wildman–Crippen MR) is 66.2 cm³/mol. The van der Waals surface area contributed by atoms with Crippen LogP contribution in [0.2, 0.25) is 5.02 Å². The van der Waals surface area contributed by atoms with E-state index in [1.54, 1.807) is 0 Å². The smallest absolute Gasteiger partial charge is 0.343 e. The number of esters is 1. The molecule has 0 spiro atoms. The van der Waals surface area contributed by atoms with Crippen molar-refractivity contribution in [2.24, 2.45) is 0 Å². The maximum absolute atomic E-state index is 11.7. The first-order valence-electron chi connectivity index (χ1n) is 5.06. The van der Waals surface area contributed by atoms with Crippen molar-refractivity contribution >= 4 is 17.6 Å². The first kappa shape index (κ1) is 12.3. The topological polar surface area (TPSA) is 66.8 Å². The first-order valence-corrected chi connectivity index (χ1v) is 5.44. The van der Waals surface area contributed by atoms with Gasteiger partial charge in [0.2, 0.25) is 0 Å². The van der Waals surface area contributed by atoms with Crippen LogP contribution in [0.1, 0.15) is 10.4 Å². The van der Waals surface area contributed by atoms with Gasteiger partial charge in [0.15, 0.2) is 0 Å². The van der Waals surface area contributed by atoms with Crippen LogP contribution in [0.5, 0.6) is 17.2 Å². The molecular weight excluding hydrogens is 256 g/mol. The van der Waals surface area contributed by atoms with Gasteiger partial charge in [0.1, 0.15) is 17.2 Å². The van der Waals surface area contributed by atoms with Crippen molar-refractivity contribution in [3.63, 3.8) is 0 Å². The lowest BCUT2D eigenvalue weighted by Crippen LogP contribution is -2.07. The van der Waals surface area contributed by atoms with Gasteiger partial charge in [0, 0.05) is 6.07 Å². The van der Waals surface area contributed by atoms with Gasteiger partial charge < -0.3 is 14.9 Å². The van der Waals surface area contributed by atoms with Crippen LogP contribution in [-0.4, -0.2) is 16.2 Å². The SMILES string of the molecule is O=C(Oc1ccc(O)c(Cl)c1)c1ccc(O)cc1. The van der Waals surface area contributed by atoms with E-state index in [-0.39, 0.29) is 22.3 Å². The minimum Gasteiger partial charge on any atom is -0.508 e. The Labute approximate surface area is 108 Å². The van der Waals surface area contributed by atoms with E-state index in [4.69, 9.17) is 21.4 Å². The highest BCUT2D eigenvalue weighted by Gasteiger charge is 2.09. The average Bonchev–Trinajstić information content (AvgIpc) is 2.34. The summed E-state index contributed by atoms with van der Waals surface area (Å²) in [6.07, 6.45) is 0. The monoisotopic (exact) mass is 264 g/mol. The zero-order valence-electron chi connectivity index (χ0n) is 9.13. The largest absolute Gasteiger partial charge is 0.508 e. The zero-order chi connectivity index (χ0) is 13.1. The van der Waals surface area contributed by atoms with E-state index in [9.17, 15) is 9.90 Å². The number of carbonyl (C=O) groups is 1. The summed E-state index contributed by atoms with van der Waals surface area (Å²) in [6, 6.07) is 9.77. The Kier molecular flexibility index (Phi) is 3.39. The van der Waals surface area contributed by atoms with Crippen LogP contribution in [0.15, 0.2) is 42.5 Å². The van der Waals surface area contributed by atoms with Crippen LogP contribution < -0.4 is 4.74 Å². The van der Waals surface area contributed by atoms with E-state index < -0.39 is 5.97 Å². The van der Waals surface area contributed by atoms with Gasteiger partial charge in [-0.15, -0.1) is 0 Å². The maximum Gasteiger partial charge on any atom is 0.343 e. The molecule has 0 atom stereocenters. The standard InChI is InChI=1S/C13H9ClO4/c14-11-7-10(5-6-12(11)16)18-13(17)8-1-3-9(15)4-2-8/h1-7,15-16H. The van der Waals surface area contributed by atoms with Crippen LogP contribution in [0, 0.1) is 0 Å². The molecule has 0 aliphatic heterocycles. The number of carbonyl (C=O) groups excluding carboxylic acids is 1. The van der Waals surface area contributed by atoms with Crippen molar-refractivity contribution in [1.82, 2.24) is 0 Å². The second kappa shape index (κ2) is 4.98. The lowest BCUT2D eigenvalue weighted by atomic mass is 10.2. The molecule has 4 nitrogen and oxygen atoms in total. The second-order valence-corrected chi connectivity index (χ2v) is 3.96. The van der Waals surface area contributed by atoms with Gasteiger partial charge in [0.05, 0.1) is 10.6 Å². The third-order valence-corrected chi connectivity index (χ3v) is 2.54. The number of rotatable bonds is 2. The second-order valence-electron chi connectivity index (χ2n) is 3.55. The summed E-state index contributed by atoms with van der Waals surface area (Å²) >= 11 is 5.69. The number of ether oxygens (including phenoxy) is 1. The molecule has 0 bridgehead atoms. The number of phenols is 2. The predicted octanol–water partition coefficient (Wildman–Crippen LogP) is 2.97. The summed E-state index contributed by atoms with van der Waals surface area (Å²) in [5.41, 5.74) is 0.303. The van der Waals surface area contributed by atoms with E-state index in [1.165, 1.54) is 42.5 Å². The van der Waals surface area contributed by atoms with Crippen molar-refractivity contribution in [2.45, 2.75) is 0 Å². The first-order chi connectivity index (χ1) is 8.56. The molecule has 0 amide bonds.